The van der Waals surface area contributed by atoms with Gasteiger partial charge in [-0.3, -0.25) is 0 Å². The molecule has 0 fully saturated rings. The topological polar surface area (TPSA) is 78.9 Å². The van der Waals surface area contributed by atoms with Crippen molar-refractivity contribution in [3.63, 3.8) is 0 Å². The third kappa shape index (κ3) is 2.79. The number of carbonyl (C=O) groups is 1. The Morgan fingerprint density at radius 2 is 1.56 bits per heavy atom. The van der Waals surface area contributed by atoms with Crippen molar-refractivity contribution in [3.05, 3.63) is 88.5 Å². The molecule has 10 heteroatoms. The Bertz CT molecular complexity index is 1400. The van der Waals surface area contributed by atoms with E-state index in [-0.39, 0.29) is 5.75 Å². The third-order valence-electron chi connectivity index (χ3n) is 5.33. The Labute approximate surface area is 180 Å². The summed E-state index contributed by atoms with van der Waals surface area (Å²) in [4.78, 5) is 12.7. The maximum Gasteiger partial charge on any atom is 0.534 e. The molecule has 1 atom stereocenters. The van der Waals surface area contributed by atoms with Gasteiger partial charge in [0.15, 0.2) is 5.60 Å². The molecule has 0 amide bonds. The van der Waals surface area contributed by atoms with Gasteiger partial charge < -0.3 is 13.7 Å². The molecule has 5 rings (SSSR count). The number of rotatable bonds is 2. The summed E-state index contributed by atoms with van der Waals surface area (Å²) in [5.41, 5.74) is -4.44. The van der Waals surface area contributed by atoms with Gasteiger partial charge in [0.25, 0.3) is 0 Å². The number of hydrogen-bond donors (Lipinski definition) is 0. The van der Waals surface area contributed by atoms with Crippen LogP contribution in [0.3, 0.4) is 0 Å². The highest BCUT2D eigenvalue weighted by molar-refractivity contribution is 7.88. The number of alkyl halides is 3. The molecule has 3 aromatic rings. The number of carbonyl (C=O) groups excluding carboxylic acids is 1. The van der Waals surface area contributed by atoms with Crippen molar-refractivity contribution in [3.8, 4) is 17.2 Å². The SMILES string of the molecule is Cc1ccc2c(c1)Oc1cc(OS(=O)(=O)C(F)(F)F)ccc1C21OC(=O)c2ccccc21. The summed E-state index contributed by atoms with van der Waals surface area (Å²) in [7, 11) is -5.87. The lowest BCUT2D eigenvalue weighted by Crippen LogP contribution is -2.33. The molecule has 164 valence electrons. The zero-order valence-corrected chi connectivity index (χ0v) is 17.1. The number of fused-ring (bicyclic) bond motifs is 6. The molecule has 0 radical (unpaired) electrons. The molecule has 2 heterocycles. The number of hydrogen-bond acceptors (Lipinski definition) is 6. The van der Waals surface area contributed by atoms with Crippen LogP contribution in [0.15, 0.2) is 60.7 Å². The van der Waals surface area contributed by atoms with E-state index in [1.54, 1.807) is 36.4 Å². The molecule has 0 saturated carbocycles. The standard InChI is InChI=1S/C22H13F3O6S/c1-12-6-8-16-18(10-12)29-19-11-13(31-32(27,28)22(23,24)25)7-9-17(19)21(16)15-5-3-2-4-14(15)20(26)30-21/h2-11H,1H3. The Morgan fingerprint density at radius 3 is 2.28 bits per heavy atom. The minimum absolute atomic E-state index is 0.00229. The Hall–Kier alpha value is -3.53. The first-order valence-corrected chi connectivity index (χ1v) is 10.7. The van der Waals surface area contributed by atoms with E-state index in [9.17, 15) is 26.4 Å². The fraction of sp³-hybridized carbons (Fsp3) is 0.136. The summed E-state index contributed by atoms with van der Waals surface area (Å²) < 4.78 is 77.1. The van der Waals surface area contributed by atoms with Crippen LogP contribution in [0.5, 0.6) is 17.2 Å². The summed E-state index contributed by atoms with van der Waals surface area (Å²) >= 11 is 0. The molecule has 1 unspecified atom stereocenters. The van der Waals surface area contributed by atoms with Gasteiger partial charge in [-0.05, 0) is 36.8 Å². The second-order valence-electron chi connectivity index (χ2n) is 7.36. The quantitative estimate of drug-likeness (QED) is 0.310. The average Bonchev–Trinajstić information content (AvgIpc) is 3.00. The first-order chi connectivity index (χ1) is 15.0. The smallest absolute Gasteiger partial charge is 0.456 e. The van der Waals surface area contributed by atoms with Crippen LogP contribution in [0.2, 0.25) is 0 Å². The van der Waals surface area contributed by atoms with Gasteiger partial charge in [-0.2, -0.15) is 21.6 Å². The van der Waals surface area contributed by atoms with E-state index >= 15 is 0 Å². The zero-order chi connectivity index (χ0) is 22.9. The first-order valence-electron chi connectivity index (χ1n) is 9.30. The van der Waals surface area contributed by atoms with E-state index in [4.69, 9.17) is 9.47 Å². The average molecular weight is 462 g/mol. The van der Waals surface area contributed by atoms with Gasteiger partial charge >= 0.3 is 21.6 Å². The van der Waals surface area contributed by atoms with Crippen LogP contribution >= 0.6 is 0 Å². The van der Waals surface area contributed by atoms with Crippen LogP contribution in [-0.2, 0) is 20.5 Å². The van der Waals surface area contributed by atoms with E-state index in [0.29, 0.717) is 28.0 Å². The number of benzene rings is 3. The highest BCUT2D eigenvalue weighted by Crippen LogP contribution is 2.56. The molecule has 0 aliphatic carbocycles. The number of ether oxygens (including phenoxy) is 2. The molecular weight excluding hydrogens is 449 g/mol. The minimum Gasteiger partial charge on any atom is -0.456 e. The van der Waals surface area contributed by atoms with E-state index in [0.717, 1.165) is 17.7 Å². The van der Waals surface area contributed by atoms with Gasteiger partial charge in [-0.25, -0.2) is 4.79 Å². The monoisotopic (exact) mass is 462 g/mol. The van der Waals surface area contributed by atoms with Crippen molar-refractivity contribution in [2.45, 2.75) is 18.0 Å². The summed E-state index contributed by atoms with van der Waals surface area (Å²) in [5, 5.41) is 0. The molecule has 0 saturated heterocycles. The molecule has 3 aromatic carbocycles. The lowest BCUT2D eigenvalue weighted by atomic mass is 9.77. The van der Waals surface area contributed by atoms with E-state index in [1.165, 1.54) is 6.07 Å². The Kier molecular flexibility index (Phi) is 4.13. The highest BCUT2D eigenvalue weighted by atomic mass is 32.2. The van der Waals surface area contributed by atoms with Gasteiger partial charge in [-0.15, -0.1) is 0 Å². The number of aryl methyl sites for hydroxylation is 1. The largest absolute Gasteiger partial charge is 0.534 e. The fourth-order valence-corrected chi connectivity index (χ4v) is 4.44. The van der Waals surface area contributed by atoms with Crippen molar-refractivity contribution in [2.75, 3.05) is 0 Å². The Balaban J connectivity index is 1.73. The van der Waals surface area contributed by atoms with Crippen LogP contribution in [-0.4, -0.2) is 19.9 Å². The second kappa shape index (κ2) is 6.49. The highest BCUT2D eigenvalue weighted by Gasteiger charge is 2.54. The maximum atomic E-state index is 12.7. The summed E-state index contributed by atoms with van der Waals surface area (Å²) in [6.07, 6.45) is 0. The molecule has 1 spiro atoms. The minimum atomic E-state index is -5.87. The molecule has 2 aliphatic rings. The second-order valence-corrected chi connectivity index (χ2v) is 8.90. The van der Waals surface area contributed by atoms with Crippen LogP contribution in [0.25, 0.3) is 0 Å². The lowest BCUT2D eigenvalue weighted by Gasteiger charge is -2.36. The van der Waals surface area contributed by atoms with Gasteiger partial charge in [-0.1, -0.05) is 30.3 Å². The van der Waals surface area contributed by atoms with E-state index < -0.39 is 32.9 Å². The summed E-state index contributed by atoms with van der Waals surface area (Å²) in [5.74, 6) is -0.842. The van der Waals surface area contributed by atoms with Crippen LogP contribution in [0.4, 0.5) is 13.2 Å². The van der Waals surface area contributed by atoms with Crippen LogP contribution in [0.1, 0.15) is 32.6 Å². The normalized spacial score (nSPS) is 18.9. The Morgan fingerprint density at radius 1 is 0.906 bits per heavy atom. The molecular formula is C22H13F3O6S. The predicted octanol–water partition coefficient (Wildman–Crippen LogP) is 4.79. The van der Waals surface area contributed by atoms with Crippen LogP contribution < -0.4 is 8.92 Å². The lowest BCUT2D eigenvalue weighted by molar-refractivity contribution is -0.0500. The van der Waals surface area contributed by atoms with Gasteiger partial charge in [0.1, 0.15) is 17.2 Å². The summed E-state index contributed by atoms with van der Waals surface area (Å²) in [6, 6.07) is 15.4. The van der Waals surface area contributed by atoms with E-state index in [2.05, 4.69) is 4.18 Å². The zero-order valence-electron chi connectivity index (χ0n) is 16.3. The predicted molar refractivity (Wildman–Crippen MR) is 105 cm³/mol. The van der Waals surface area contributed by atoms with Gasteiger partial charge in [0.2, 0.25) is 0 Å². The fourth-order valence-electron chi connectivity index (χ4n) is 3.99. The number of halogens is 3. The van der Waals surface area contributed by atoms with Crippen molar-refractivity contribution in [1.29, 1.82) is 0 Å². The van der Waals surface area contributed by atoms with Crippen LogP contribution in [0, 0.1) is 6.92 Å². The van der Waals surface area contributed by atoms with Crippen molar-refractivity contribution in [1.82, 2.24) is 0 Å². The molecule has 6 nitrogen and oxygen atoms in total. The molecule has 0 N–H and O–H groups in total. The maximum absolute atomic E-state index is 12.7. The molecule has 0 bridgehead atoms. The summed E-state index contributed by atoms with van der Waals surface area (Å²) in [6.45, 7) is 1.82. The first kappa shape index (κ1) is 20.4. The van der Waals surface area contributed by atoms with Gasteiger partial charge in [0.05, 0.1) is 5.56 Å². The molecule has 2 aliphatic heterocycles. The number of esters is 1. The van der Waals surface area contributed by atoms with Crippen molar-refractivity contribution in [2.24, 2.45) is 0 Å². The van der Waals surface area contributed by atoms with Crippen molar-refractivity contribution >= 4 is 16.1 Å². The van der Waals surface area contributed by atoms with E-state index in [1.807, 2.05) is 13.0 Å². The molecule has 0 aromatic heterocycles. The third-order valence-corrected chi connectivity index (χ3v) is 6.31. The molecule has 32 heavy (non-hydrogen) atoms. The van der Waals surface area contributed by atoms with Crippen molar-refractivity contribution < 1.29 is 40.0 Å². The van der Waals surface area contributed by atoms with Gasteiger partial charge in [0, 0.05) is 22.8 Å².